The molecule has 0 saturated carbocycles. The minimum Gasteiger partial charge on any atom is -0.332 e. The van der Waals surface area contributed by atoms with Gasteiger partial charge in [-0.1, -0.05) is 0 Å². The van der Waals surface area contributed by atoms with Crippen molar-refractivity contribution in [3.05, 3.63) is 48.3 Å². The number of fused-ring (bicyclic) bond motifs is 1. The van der Waals surface area contributed by atoms with E-state index in [0.717, 1.165) is 37.2 Å². The van der Waals surface area contributed by atoms with Crippen LogP contribution in [0.25, 0.3) is 5.78 Å². The second kappa shape index (κ2) is 6.07. The van der Waals surface area contributed by atoms with E-state index in [4.69, 9.17) is 0 Å². The van der Waals surface area contributed by atoms with Crippen LogP contribution < -0.4 is 0 Å². The van der Waals surface area contributed by atoms with Crippen molar-refractivity contribution in [2.75, 3.05) is 6.54 Å². The molecule has 1 atom stereocenters. The molecule has 0 aliphatic carbocycles. The third kappa shape index (κ3) is 2.66. The molecule has 4 rings (SSSR count). The summed E-state index contributed by atoms with van der Waals surface area (Å²) in [6, 6.07) is 3.92. The highest BCUT2D eigenvalue weighted by atomic mass is 16.2. The molecule has 7 nitrogen and oxygen atoms in total. The van der Waals surface area contributed by atoms with Crippen molar-refractivity contribution < 1.29 is 4.79 Å². The summed E-state index contributed by atoms with van der Waals surface area (Å²) >= 11 is 0. The van der Waals surface area contributed by atoms with Gasteiger partial charge in [0, 0.05) is 37.0 Å². The molecule has 1 aliphatic heterocycles. The number of likely N-dealkylation sites (tertiary alicyclic amines) is 1. The number of amides is 1. The number of nitrogens with zero attached hydrogens (tertiary/aromatic N) is 6. The van der Waals surface area contributed by atoms with E-state index in [0.29, 0.717) is 5.78 Å². The normalized spacial score (nSPS) is 18.2. The molecule has 3 aromatic rings. The Bertz CT molecular complexity index is 853. The average Bonchev–Trinajstić information content (AvgIpc) is 3.26. The molecule has 0 spiro atoms. The Labute approximate surface area is 139 Å². The fourth-order valence-electron chi connectivity index (χ4n) is 3.42. The topological polar surface area (TPSA) is 68.3 Å². The van der Waals surface area contributed by atoms with Crippen LogP contribution in [0.3, 0.4) is 0 Å². The van der Waals surface area contributed by atoms with Crippen LogP contribution in [-0.2, 0) is 11.3 Å². The van der Waals surface area contributed by atoms with E-state index in [1.165, 1.54) is 0 Å². The second-order valence-corrected chi connectivity index (χ2v) is 6.22. The monoisotopic (exact) mass is 324 g/mol. The molecule has 124 valence electrons. The lowest BCUT2D eigenvalue weighted by Gasteiger charge is -2.35. The van der Waals surface area contributed by atoms with Crippen molar-refractivity contribution in [1.29, 1.82) is 0 Å². The first-order chi connectivity index (χ1) is 11.7. The van der Waals surface area contributed by atoms with Crippen molar-refractivity contribution in [3.63, 3.8) is 0 Å². The number of aromatic nitrogens is 5. The van der Waals surface area contributed by atoms with Crippen LogP contribution in [0.1, 0.15) is 36.7 Å². The number of aryl methyl sites for hydroxylation is 1. The average molecular weight is 324 g/mol. The molecule has 3 aromatic heterocycles. The van der Waals surface area contributed by atoms with Crippen molar-refractivity contribution in [1.82, 2.24) is 29.0 Å². The molecule has 0 N–H and O–H groups in total. The van der Waals surface area contributed by atoms with Gasteiger partial charge in [0.15, 0.2) is 0 Å². The molecular formula is C17H20N6O. The summed E-state index contributed by atoms with van der Waals surface area (Å²) in [6.45, 7) is 3.08. The van der Waals surface area contributed by atoms with E-state index >= 15 is 0 Å². The molecule has 1 aliphatic rings. The maximum atomic E-state index is 12.8. The molecule has 0 radical (unpaired) electrons. The Balaban J connectivity index is 1.64. The number of hydrogen-bond acceptors (Lipinski definition) is 4. The Kier molecular flexibility index (Phi) is 3.76. The molecule has 24 heavy (non-hydrogen) atoms. The number of piperidine rings is 1. The van der Waals surface area contributed by atoms with E-state index in [1.807, 2.05) is 34.7 Å². The Morgan fingerprint density at radius 1 is 1.29 bits per heavy atom. The van der Waals surface area contributed by atoms with Crippen LogP contribution in [0.5, 0.6) is 0 Å². The molecule has 4 heterocycles. The highest BCUT2D eigenvalue weighted by Crippen LogP contribution is 2.30. The lowest BCUT2D eigenvalue weighted by Crippen LogP contribution is -2.40. The summed E-state index contributed by atoms with van der Waals surface area (Å²) in [4.78, 5) is 23.7. The summed E-state index contributed by atoms with van der Waals surface area (Å²) in [5.41, 5.74) is 2.01. The summed E-state index contributed by atoms with van der Waals surface area (Å²) in [5.74, 6) is 0.779. The number of carbonyl (C=O) groups is 1. The quantitative estimate of drug-likeness (QED) is 0.739. The van der Waals surface area contributed by atoms with Gasteiger partial charge in [0.2, 0.25) is 11.7 Å². The number of imidazole rings is 1. The van der Waals surface area contributed by atoms with Gasteiger partial charge in [-0.3, -0.25) is 13.9 Å². The third-order valence-corrected chi connectivity index (χ3v) is 4.61. The number of rotatable bonds is 3. The van der Waals surface area contributed by atoms with E-state index in [9.17, 15) is 4.79 Å². The van der Waals surface area contributed by atoms with Gasteiger partial charge in [0.05, 0.1) is 11.7 Å². The molecule has 0 bridgehead atoms. The highest BCUT2D eigenvalue weighted by Gasteiger charge is 2.29. The van der Waals surface area contributed by atoms with Crippen LogP contribution in [0.2, 0.25) is 0 Å². The Morgan fingerprint density at radius 3 is 3.04 bits per heavy atom. The first kappa shape index (κ1) is 14.9. The first-order valence-corrected chi connectivity index (χ1v) is 8.30. The Hall–Kier alpha value is -2.70. The molecule has 1 saturated heterocycles. The molecule has 0 unspecified atom stereocenters. The number of carbonyl (C=O) groups excluding carboxylic acids is 1. The first-order valence-electron chi connectivity index (χ1n) is 8.30. The predicted molar refractivity (Wildman–Crippen MR) is 88.3 cm³/mol. The van der Waals surface area contributed by atoms with E-state index < -0.39 is 0 Å². The van der Waals surface area contributed by atoms with Crippen molar-refractivity contribution in [2.24, 2.45) is 0 Å². The van der Waals surface area contributed by atoms with Gasteiger partial charge in [0.25, 0.3) is 0 Å². The molecule has 0 aromatic carbocycles. The predicted octanol–water partition coefficient (Wildman–Crippen LogP) is 1.99. The van der Waals surface area contributed by atoms with Crippen molar-refractivity contribution >= 4 is 11.7 Å². The van der Waals surface area contributed by atoms with Gasteiger partial charge in [-0.2, -0.15) is 5.10 Å². The molecular weight excluding hydrogens is 304 g/mol. The van der Waals surface area contributed by atoms with Gasteiger partial charge in [0.1, 0.15) is 6.54 Å². The second-order valence-electron chi connectivity index (χ2n) is 6.22. The molecule has 1 amide bonds. The lowest BCUT2D eigenvalue weighted by molar-refractivity contribution is -0.136. The van der Waals surface area contributed by atoms with Crippen molar-refractivity contribution in [2.45, 2.75) is 38.8 Å². The van der Waals surface area contributed by atoms with Gasteiger partial charge in [-0.05, 0) is 38.3 Å². The highest BCUT2D eigenvalue weighted by molar-refractivity contribution is 5.76. The van der Waals surface area contributed by atoms with Crippen molar-refractivity contribution in [3.8, 4) is 0 Å². The summed E-state index contributed by atoms with van der Waals surface area (Å²) in [5, 5.41) is 4.14. The minimum absolute atomic E-state index is 0.0159. The van der Waals surface area contributed by atoms with E-state index in [-0.39, 0.29) is 18.5 Å². The maximum absolute atomic E-state index is 12.8. The fraction of sp³-hybridized carbons (Fsp3) is 0.412. The van der Waals surface area contributed by atoms with Crippen LogP contribution in [0, 0.1) is 6.92 Å². The summed E-state index contributed by atoms with van der Waals surface area (Å²) < 4.78 is 3.63. The zero-order chi connectivity index (χ0) is 16.5. The SMILES string of the molecule is Cc1cc([C@H]2CCCCN2C(=O)Cn2cccn2)nc2nccn12. The van der Waals surface area contributed by atoms with E-state index in [2.05, 4.69) is 21.1 Å². The number of hydrogen-bond donors (Lipinski definition) is 0. The van der Waals surface area contributed by atoms with Gasteiger partial charge in [-0.25, -0.2) is 9.97 Å². The smallest absolute Gasteiger partial charge is 0.244 e. The fourth-order valence-corrected chi connectivity index (χ4v) is 3.42. The standard InChI is InChI=1S/C17H20N6O/c1-13-11-14(20-17-18-7-10-22(13)17)15-5-2-3-9-23(15)16(24)12-21-8-4-6-19-21/h4,6-8,10-11,15H,2-3,5,9,12H2,1H3/t15-/m1/s1. The summed E-state index contributed by atoms with van der Waals surface area (Å²) in [7, 11) is 0. The van der Waals surface area contributed by atoms with Crippen LogP contribution >= 0.6 is 0 Å². The molecule has 7 heteroatoms. The lowest BCUT2D eigenvalue weighted by atomic mass is 9.98. The van der Waals surface area contributed by atoms with E-state index in [1.54, 1.807) is 17.1 Å². The van der Waals surface area contributed by atoms with Crippen LogP contribution in [-0.4, -0.2) is 41.5 Å². The summed E-state index contributed by atoms with van der Waals surface area (Å²) in [6.07, 6.45) is 10.2. The van der Waals surface area contributed by atoms with Gasteiger partial charge in [-0.15, -0.1) is 0 Å². The Morgan fingerprint density at radius 2 is 2.21 bits per heavy atom. The van der Waals surface area contributed by atoms with Gasteiger partial charge >= 0.3 is 0 Å². The third-order valence-electron chi connectivity index (χ3n) is 4.61. The van der Waals surface area contributed by atoms with Crippen LogP contribution in [0.4, 0.5) is 0 Å². The molecule has 1 fully saturated rings. The zero-order valence-corrected chi connectivity index (χ0v) is 13.7. The zero-order valence-electron chi connectivity index (χ0n) is 13.7. The maximum Gasteiger partial charge on any atom is 0.244 e. The largest absolute Gasteiger partial charge is 0.332 e. The van der Waals surface area contributed by atoms with Gasteiger partial charge < -0.3 is 4.90 Å². The van der Waals surface area contributed by atoms with Crippen LogP contribution in [0.15, 0.2) is 36.9 Å². The minimum atomic E-state index is 0.0159.